The fourth-order valence-electron chi connectivity index (χ4n) is 3.14. The van der Waals surface area contributed by atoms with Crippen LogP contribution in [0, 0.1) is 0 Å². The summed E-state index contributed by atoms with van der Waals surface area (Å²) in [6.45, 7) is 5.38. The monoisotopic (exact) mass is 407 g/mol. The third kappa shape index (κ3) is 5.27. The molecule has 3 rings (SSSR count). The molecule has 1 aliphatic heterocycles. The van der Waals surface area contributed by atoms with Crippen molar-refractivity contribution in [2.45, 2.75) is 19.8 Å². The summed E-state index contributed by atoms with van der Waals surface area (Å²) in [5.41, 5.74) is 1.14. The normalized spacial score (nSPS) is 14.3. The fraction of sp³-hybridized carbons (Fsp3) is 0.400. The van der Waals surface area contributed by atoms with E-state index in [1.165, 1.54) is 0 Å². The summed E-state index contributed by atoms with van der Waals surface area (Å²) in [4.78, 5) is 20.8. The third-order valence-corrected chi connectivity index (χ3v) is 5.07. The van der Waals surface area contributed by atoms with Gasteiger partial charge < -0.3 is 14.5 Å². The number of carbonyl (C=O) groups excluding carboxylic acids is 1. The van der Waals surface area contributed by atoms with Crippen molar-refractivity contribution in [3.8, 4) is 5.75 Å². The number of aromatic nitrogens is 1. The molecule has 1 aromatic heterocycles. The lowest BCUT2D eigenvalue weighted by Gasteiger charge is -2.35. The number of amides is 1. The first-order valence-corrected chi connectivity index (χ1v) is 9.88. The Balaban J connectivity index is 1.48. The van der Waals surface area contributed by atoms with Gasteiger partial charge in [0.05, 0.1) is 16.7 Å². The highest BCUT2D eigenvalue weighted by molar-refractivity contribution is 6.36. The molecule has 144 valence electrons. The number of piperazine rings is 1. The number of pyridine rings is 1. The van der Waals surface area contributed by atoms with E-state index in [9.17, 15) is 4.79 Å². The standard InChI is InChI=1S/C20H23Cl2N3O2/c1-2-27-17-6-3-15(4-7-17)5-8-19(26)24-9-11-25(12-10-24)20-18(22)13-16(21)14-23-20/h3-4,6-7,13-14H,2,5,8-12H2,1H3. The van der Waals surface area contributed by atoms with Gasteiger partial charge in [0, 0.05) is 38.8 Å². The van der Waals surface area contributed by atoms with Gasteiger partial charge in [0.25, 0.3) is 0 Å². The number of anilines is 1. The van der Waals surface area contributed by atoms with Crippen molar-refractivity contribution in [1.29, 1.82) is 0 Å². The maximum absolute atomic E-state index is 12.5. The minimum atomic E-state index is 0.179. The van der Waals surface area contributed by atoms with Crippen molar-refractivity contribution in [2.24, 2.45) is 0 Å². The summed E-state index contributed by atoms with van der Waals surface area (Å²) in [7, 11) is 0. The number of aryl methyl sites for hydroxylation is 1. The van der Waals surface area contributed by atoms with E-state index in [2.05, 4.69) is 9.88 Å². The van der Waals surface area contributed by atoms with E-state index < -0.39 is 0 Å². The Hall–Kier alpha value is -1.98. The van der Waals surface area contributed by atoms with Crippen LogP contribution >= 0.6 is 23.2 Å². The number of halogens is 2. The van der Waals surface area contributed by atoms with E-state index >= 15 is 0 Å². The van der Waals surface area contributed by atoms with E-state index in [0.29, 0.717) is 49.3 Å². The summed E-state index contributed by atoms with van der Waals surface area (Å²) >= 11 is 12.1. The molecule has 0 unspecified atom stereocenters. The van der Waals surface area contributed by atoms with Gasteiger partial charge in [-0.25, -0.2) is 4.98 Å². The van der Waals surface area contributed by atoms with Gasteiger partial charge >= 0.3 is 0 Å². The van der Waals surface area contributed by atoms with Gasteiger partial charge in [-0.3, -0.25) is 4.79 Å². The molecule has 1 amide bonds. The number of benzene rings is 1. The largest absolute Gasteiger partial charge is 0.494 e. The lowest BCUT2D eigenvalue weighted by molar-refractivity contribution is -0.131. The number of rotatable bonds is 6. The Morgan fingerprint density at radius 2 is 1.85 bits per heavy atom. The Morgan fingerprint density at radius 3 is 2.48 bits per heavy atom. The summed E-state index contributed by atoms with van der Waals surface area (Å²) in [6, 6.07) is 9.63. The molecule has 1 fully saturated rings. The molecule has 5 nitrogen and oxygen atoms in total. The Kier molecular flexibility index (Phi) is 6.80. The quantitative estimate of drug-likeness (QED) is 0.723. The van der Waals surface area contributed by atoms with Gasteiger partial charge in [0.15, 0.2) is 0 Å². The molecule has 0 saturated carbocycles. The highest BCUT2D eigenvalue weighted by Crippen LogP contribution is 2.26. The summed E-state index contributed by atoms with van der Waals surface area (Å²) < 4.78 is 5.44. The molecule has 1 saturated heterocycles. The molecule has 1 aromatic carbocycles. The molecule has 1 aliphatic rings. The maximum Gasteiger partial charge on any atom is 0.223 e. The fourth-order valence-corrected chi connectivity index (χ4v) is 3.64. The zero-order chi connectivity index (χ0) is 19.2. The second-order valence-corrected chi connectivity index (χ2v) is 7.25. The van der Waals surface area contributed by atoms with Crippen molar-refractivity contribution in [3.63, 3.8) is 0 Å². The highest BCUT2D eigenvalue weighted by atomic mass is 35.5. The van der Waals surface area contributed by atoms with E-state index in [-0.39, 0.29) is 5.91 Å². The summed E-state index contributed by atoms with van der Waals surface area (Å²) in [6.07, 6.45) is 2.83. The van der Waals surface area contributed by atoms with Gasteiger partial charge in [-0.2, -0.15) is 0 Å². The third-order valence-electron chi connectivity index (χ3n) is 4.58. The minimum absolute atomic E-state index is 0.179. The second kappa shape index (κ2) is 9.29. The molecular formula is C20H23Cl2N3O2. The van der Waals surface area contributed by atoms with E-state index in [4.69, 9.17) is 27.9 Å². The van der Waals surface area contributed by atoms with Crippen molar-refractivity contribution in [2.75, 3.05) is 37.7 Å². The van der Waals surface area contributed by atoms with Crippen LogP contribution < -0.4 is 9.64 Å². The lowest BCUT2D eigenvalue weighted by atomic mass is 10.1. The predicted octanol–water partition coefficient (Wildman–Crippen LogP) is 4.07. The number of nitrogens with zero attached hydrogens (tertiary/aromatic N) is 3. The zero-order valence-corrected chi connectivity index (χ0v) is 16.8. The Bertz CT molecular complexity index is 775. The number of hydrogen-bond acceptors (Lipinski definition) is 4. The number of carbonyl (C=O) groups is 1. The van der Waals surface area contributed by atoms with Crippen LogP contribution in [-0.4, -0.2) is 48.6 Å². The van der Waals surface area contributed by atoms with Crippen LogP contribution in [0.5, 0.6) is 5.75 Å². The second-order valence-electron chi connectivity index (χ2n) is 6.40. The van der Waals surface area contributed by atoms with Crippen LogP contribution in [0.3, 0.4) is 0 Å². The topological polar surface area (TPSA) is 45.7 Å². The average molecular weight is 408 g/mol. The molecule has 0 N–H and O–H groups in total. The molecule has 2 heterocycles. The van der Waals surface area contributed by atoms with E-state index in [1.807, 2.05) is 36.1 Å². The predicted molar refractivity (Wildman–Crippen MR) is 109 cm³/mol. The maximum atomic E-state index is 12.5. The molecule has 27 heavy (non-hydrogen) atoms. The molecule has 0 aliphatic carbocycles. The summed E-state index contributed by atoms with van der Waals surface area (Å²) in [5.74, 6) is 1.76. The molecule has 2 aromatic rings. The first-order chi connectivity index (χ1) is 13.1. The Labute approximate surface area is 169 Å². The molecule has 0 spiro atoms. The van der Waals surface area contributed by atoms with Crippen LogP contribution in [0.4, 0.5) is 5.82 Å². The van der Waals surface area contributed by atoms with E-state index in [0.717, 1.165) is 23.6 Å². The van der Waals surface area contributed by atoms with Gasteiger partial charge in [-0.05, 0) is 37.1 Å². The molecule has 7 heteroatoms. The van der Waals surface area contributed by atoms with Crippen LogP contribution in [-0.2, 0) is 11.2 Å². The molecular weight excluding hydrogens is 385 g/mol. The molecule has 0 atom stereocenters. The molecule has 0 bridgehead atoms. The van der Waals surface area contributed by atoms with Crippen LogP contribution in [0.1, 0.15) is 18.9 Å². The summed E-state index contributed by atoms with van der Waals surface area (Å²) in [5, 5.41) is 1.06. The van der Waals surface area contributed by atoms with E-state index in [1.54, 1.807) is 12.3 Å². The van der Waals surface area contributed by atoms with Crippen molar-refractivity contribution < 1.29 is 9.53 Å². The smallest absolute Gasteiger partial charge is 0.223 e. The highest BCUT2D eigenvalue weighted by Gasteiger charge is 2.23. The average Bonchev–Trinajstić information content (AvgIpc) is 2.68. The van der Waals surface area contributed by atoms with Crippen LogP contribution in [0.25, 0.3) is 0 Å². The number of hydrogen-bond donors (Lipinski definition) is 0. The minimum Gasteiger partial charge on any atom is -0.494 e. The van der Waals surface area contributed by atoms with Crippen molar-refractivity contribution in [3.05, 3.63) is 52.1 Å². The Morgan fingerprint density at radius 1 is 1.15 bits per heavy atom. The SMILES string of the molecule is CCOc1ccc(CCC(=O)N2CCN(c3ncc(Cl)cc3Cl)CC2)cc1. The lowest BCUT2D eigenvalue weighted by Crippen LogP contribution is -2.49. The van der Waals surface area contributed by atoms with Crippen LogP contribution in [0.15, 0.2) is 36.5 Å². The first-order valence-electron chi connectivity index (χ1n) is 9.12. The van der Waals surface area contributed by atoms with Gasteiger partial charge in [0.1, 0.15) is 11.6 Å². The van der Waals surface area contributed by atoms with Gasteiger partial charge in [-0.1, -0.05) is 35.3 Å². The zero-order valence-electron chi connectivity index (χ0n) is 15.3. The van der Waals surface area contributed by atoms with Gasteiger partial charge in [0.2, 0.25) is 5.91 Å². The van der Waals surface area contributed by atoms with Crippen molar-refractivity contribution in [1.82, 2.24) is 9.88 Å². The molecule has 0 radical (unpaired) electrons. The number of ether oxygens (including phenoxy) is 1. The van der Waals surface area contributed by atoms with Gasteiger partial charge in [-0.15, -0.1) is 0 Å². The van der Waals surface area contributed by atoms with Crippen LogP contribution in [0.2, 0.25) is 10.0 Å². The first kappa shape index (κ1) is 19.8. The van der Waals surface area contributed by atoms with Crippen molar-refractivity contribution >= 4 is 34.9 Å².